The molecule has 0 aromatic carbocycles. The van der Waals surface area contributed by atoms with Gasteiger partial charge in [0, 0.05) is 6.04 Å². The quantitative estimate of drug-likeness (QED) is 0.680. The van der Waals surface area contributed by atoms with Gasteiger partial charge in [-0.05, 0) is 32.2 Å². The fourth-order valence-electron chi connectivity index (χ4n) is 2.68. The average Bonchev–Trinajstić information content (AvgIpc) is 2.57. The maximum Gasteiger partial charge on any atom is 0.0950 e. The molecule has 3 heteroatoms. The van der Waals surface area contributed by atoms with Gasteiger partial charge in [-0.2, -0.15) is 0 Å². The van der Waals surface area contributed by atoms with Crippen molar-refractivity contribution in [3.05, 3.63) is 0 Å². The number of aliphatic hydroxyl groups is 1. The van der Waals surface area contributed by atoms with E-state index in [9.17, 15) is 5.11 Å². The van der Waals surface area contributed by atoms with Gasteiger partial charge in [0.05, 0.1) is 25.4 Å². The van der Waals surface area contributed by atoms with Crippen molar-refractivity contribution >= 4 is 0 Å². The summed E-state index contributed by atoms with van der Waals surface area (Å²) in [6.45, 7) is 6.92. The second-order valence-electron chi connectivity index (χ2n) is 4.77. The Kier molecular flexibility index (Phi) is 3.10. The van der Waals surface area contributed by atoms with Gasteiger partial charge in [0.1, 0.15) is 0 Å². The number of ether oxygens (including phenoxy) is 1. The van der Waals surface area contributed by atoms with Crippen molar-refractivity contribution in [2.45, 2.75) is 44.9 Å². The second-order valence-corrected chi connectivity index (χ2v) is 4.77. The number of aliphatic hydroxyl groups excluding tert-OH is 1. The van der Waals surface area contributed by atoms with Crippen LogP contribution in [0.5, 0.6) is 0 Å². The van der Waals surface area contributed by atoms with Gasteiger partial charge in [-0.3, -0.25) is 4.90 Å². The zero-order valence-electron chi connectivity index (χ0n) is 9.15. The topological polar surface area (TPSA) is 32.7 Å². The van der Waals surface area contributed by atoms with E-state index in [1.165, 1.54) is 12.8 Å². The summed E-state index contributed by atoms with van der Waals surface area (Å²) in [5, 5.41) is 9.78. The van der Waals surface area contributed by atoms with Crippen molar-refractivity contribution in [1.29, 1.82) is 0 Å². The van der Waals surface area contributed by atoms with E-state index >= 15 is 0 Å². The van der Waals surface area contributed by atoms with Crippen LogP contribution < -0.4 is 0 Å². The summed E-state index contributed by atoms with van der Waals surface area (Å²) in [5.74, 6) is 0.747. The van der Waals surface area contributed by atoms with Crippen molar-refractivity contribution in [3.8, 4) is 0 Å². The number of rotatable bonds is 1. The van der Waals surface area contributed by atoms with Crippen LogP contribution in [-0.4, -0.2) is 48.0 Å². The smallest absolute Gasteiger partial charge is 0.0950 e. The van der Waals surface area contributed by atoms with Crippen molar-refractivity contribution in [3.63, 3.8) is 0 Å². The number of likely N-dealkylation sites (tertiary alicyclic amines) is 1. The van der Waals surface area contributed by atoms with E-state index in [1.807, 2.05) is 0 Å². The minimum absolute atomic E-state index is 0.243. The molecule has 4 unspecified atom stereocenters. The third-order valence-electron chi connectivity index (χ3n) is 3.87. The highest BCUT2D eigenvalue weighted by Gasteiger charge is 2.37. The highest BCUT2D eigenvalue weighted by atomic mass is 16.5. The molecule has 0 aromatic heterocycles. The Morgan fingerprint density at radius 1 is 1.29 bits per heavy atom. The van der Waals surface area contributed by atoms with Gasteiger partial charge in [-0.15, -0.1) is 0 Å². The Morgan fingerprint density at radius 3 is 2.71 bits per heavy atom. The number of hydrogen-bond acceptors (Lipinski definition) is 3. The van der Waals surface area contributed by atoms with Crippen molar-refractivity contribution in [2.75, 3.05) is 19.8 Å². The first kappa shape index (κ1) is 10.4. The van der Waals surface area contributed by atoms with Crippen LogP contribution in [0.4, 0.5) is 0 Å². The number of nitrogens with zero attached hydrogens (tertiary/aromatic N) is 1. The van der Waals surface area contributed by atoms with Crippen LogP contribution in [0.2, 0.25) is 0 Å². The summed E-state index contributed by atoms with van der Waals surface area (Å²) < 4.78 is 5.31. The predicted molar refractivity (Wildman–Crippen MR) is 55.2 cm³/mol. The molecule has 82 valence electrons. The lowest BCUT2D eigenvalue weighted by Gasteiger charge is -2.42. The summed E-state index contributed by atoms with van der Waals surface area (Å²) in [5.41, 5.74) is 0. The van der Waals surface area contributed by atoms with Crippen LogP contribution in [0.1, 0.15) is 26.7 Å². The van der Waals surface area contributed by atoms with E-state index in [0.717, 1.165) is 12.5 Å². The molecule has 2 rings (SSSR count). The average molecular weight is 199 g/mol. The van der Waals surface area contributed by atoms with E-state index in [-0.39, 0.29) is 12.1 Å². The summed E-state index contributed by atoms with van der Waals surface area (Å²) >= 11 is 0. The molecule has 2 aliphatic heterocycles. The van der Waals surface area contributed by atoms with E-state index in [2.05, 4.69) is 18.7 Å². The first-order chi connectivity index (χ1) is 6.70. The lowest BCUT2D eigenvalue weighted by atomic mass is 9.90. The van der Waals surface area contributed by atoms with Gasteiger partial charge in [0.25, 0.3) is 0 Å². The maximum absolute atomic E-state index is 9.78. The summed E-state index contributed by atoms with van der Waals surface area (Å²) in [7, 11) is 0. The molecule has 4 atom stereocenters. The molecule has 0 aromatic rings. The molecule has 2 aliphatic rings. The van der Waals surface area contributed by atoms with Gasteiger partial charge in [0.2, 0.25) is 0 Å². The number of hydrogen-bond donors (Lipinski definition) is 1. The van der Waals surface area contributed by atoms with Crippen LogP contribution in [0, 0.1) is 5.92 Å². The Hall–Kier alpha value is -0.120. The minimum Gasteiger partial charge on any atom is -0.389 e. The zero-order valence-corrected chi connectivity index (χ0v) is 9.15. The fourth-order valence-corrected chi connectivity index (χ4v) is 2.68. The molecule has 0 saturated carbocycles. The van der Waals surface area contributed by atoms with Crippen LogP contribution in [-0.2, 0) is 4.74 Å². The Balaban J connectivity index is 2.01. The molecule has 14 heavy (non-hydrogen) atoms. The molecule has 1 N–H and O–H groups in total. The molecule has 0 spiro atoms. The first-order valence-corrected chi connectivity index (χ1v) is 5.71. The molecule has 0 amide bonds. The van der Waals surface area contributed by atoms with E-state index < -0.39 is 0 Å². The van der Waals surface area contributed by atoms with Crippen LogP contribution in [0.25, 0.3) is 0 Å². The Morgan fingerprint density at radius 2 is 2.07 bits per heavy atom. The van der Waals surface area contributed by atoms with Crippen molar-refractivity contribution < 1.29 is 9.84 Å². The third kappa shape index (κ3) is 1.81. The van der Waals surface area contributed by atoms with Gasteiger partial charge in [0.15, 0.2) is 0 Å². The minimum atomic E-state index is -0.275. The zero-order chi connectivity index (χ0) is 10.1. The number of piperidine rings is 1. The molecule has 2 heterocycles. The lowest BCUT2D eigenvalue weighted by molar-refractivity contribution is 0.0195. The molecule has 2 fully saturated rings. The third-order valence-corrected chi connectivity index (χ3v) is 3.87. The fraction of sp³-hybridized carbons (Fsp3) is 1.00. The highest BCUT2D eigenvalue weighted by Crippen LogP contribution is 2.27. The standard InChI is InChI=1S/C11H21NO2/c1-8-4-3-5-12(9(8)2)10-6-14-7-11(10)13/h8-11,13H,3-7H2,1-2H3. The van der Waals surface area contributed by atoms with Gasteiger partial charge < -0.3 is 9.84 Å². The Labute approximate surface area is 86.0 Å². The normalized spacial score (nSPS) is 45.6. The van der Waals surface area contributed by atoms with Crippen LogP contribution in [0.15, 0.2) is 0 Å². The molecular formula is C11H21NO2. The highest BCUT2D eigenvalue weighted by molar-refractivity contribution is 4.90. The van der Waals surface area contributed by atoms with Gasteiger partial charge in [-0.25, -0.2) is 0 Å². The molecular weight excluding hydrogens is 178 g/mol. The molecule has 0 bridgehead atoms. The van der Waals surface area contributed by atoms with Crippen LogP contribution >= 0.6 is 0 Å². The largest absolute Gasteiger partial charge is 0.389 e. The summed E-state index contributed by atoms with van der Waals surface area (Å²) in [4.78, 5) is 2.44. The summed E-state index contributed by atoms with van der Waals surface area (Å²) in [6, 6.07) is 0.831. The Bertz CT molecular complexity index is 198. The monoisotopic (exact) mass is 199 g/mol. The lowest BCUT2D eigenvalue weighted by Crippen LogP contribution is -2.52. The molecule has 0 radical (unpaired) electrons. The second kappa shape index (κ2) is 4.17. The summed E-state index contributed by atoms with van der Waals surface area (Å²) in [6.07, 6.45) is 2.30. The predicted octanol–water partition coefficient (Wildman–Crippen LogP) is 0.866. The van der Waals surface area contributed by atoms with E-state index in [0.29, 0.717) is 19.3 Å². The maximum atomic E-state index is 9.78. The SMILES string of the molecule is CC1CCCN(C2COCC2O)C1C. The van der Waals surface area contributed by atoms with Gasteiger partial charge in [-0.1, -0.05) is 6.92 Å². The van der Waals surface area contributed by atoms with E-state index in [1.54, 1.807) is 0 Å². The first-order valence-electron chi connectivity index (χ1n) is 5.71. The van der Waals surface area contributed by atoms with Gasteiger partial charge >= 0.3 is 0 Å². The molecule has 2 saturated heterocycles. The van der Waals surface area contributed by atoms with E-state index in [4.69, 9.17) is 4.74 Å². The van der Waals surface area contributed by atoms with Crippen LogP contribution in [0.3, 0.4) is 0 Å². The van der Waals surface area contributed by atoms with Crippen molar-refractivity contribution in [1.82, 2.24) is 4.90 Å². The van der Waals surface area contributed by atoms with Crippen molar-refractivity contribution in [2.24, 2.45) is 5.92 Å². The molecule has 0 aliphatic carbocycles. The molecule has 3 nitrogen and oxygen atoms in total.